The summed E-state index contributed by atoms with van der Waals surface area (Å²) in [5.41, 5.74) is 0.410. The highest BCUT2D eigenvalue weighted by molar-refractivity contribution is 5.83. The number of carbonyl (C=O) groups is 1. The smallest absolute Gasteiger partial charge is 0.413 e. The van der Waals surface area contributed by atoms with Crippen LogP contribution in [0.1, 0.15) is 47.5 Å². The Morgan fingerprint density at radius 2 is 1.91 bits per heavy atom. The second-order valence-electron chi connectivity index (χ2n) is 7.13. The van der Waals surface area contributed by atoms with Crippen LogP contribution in [-0.2, 0) is 9.47 Å². The van der Waals surface area contributed by atoms with E-state index in [0.717, 1.165) is 18.5 Å². The van der Waals surface area contributed by atoms with Crippen LogP contribution in [-0.4, -0.2) is 34.9 Å². The second-order valence-corrected chi connectivity index (χ2v) is 7.13. The molecule has 128 valence electrons. The molecule has 1 amide bonds. The van der Waals surface area contributed by atoms with E-state index >= 15 is 0 Å². The Morgan fingerprint density at radius 3 is 2.43 bits per heavy atom. The molecular weight excluding hydrogens is 294 g/mol. The van der Waals surface area contributed by atoms with Gasteiger partial charge in [0.2, 0.25) is 0 Å². The zero-order valence-corrected chi connectivity index (χ0v) is 14.6. The minimum Gasteiger partial charge on any atom is -0.444 e. The molecule has 2 unspecified atom stereocenters. The fourth-order valence-electron chi connectivity index (χ4n) is 2.72. The molecule has 1 aromatic heterocycles. The summed E-state index contributed by atoms with van der Waals surface area (Å²) in [7, 11) is 0. The summed E-state index contributed by atoms with van der Waals surface area (Å²) in [4.78, 5) is 15.9. The van der Waals surface area contributed by atoms with Crippen LogP contribution in [0.5, 0.6) is 0 Å². The molecule has 0 saturated carbocycles. The molecule has 0 radical (unpaired) electrons. The molecule has 1 aromatic rings. The number of nitrogens with one attached hydrogen (secondary N) is 2. The zero-order valence-electron chi connectivity index (χ0n) is 14.6. The summed E-state index contributed by atoms with van der Waals surface area (Å²) in [5, 5.41) is 6.10. The molecule has 0 spiro atoms. The fourth-order valence-corrected chi connectivity index (χ4v) is 2.72. The van der Waals surface area contributed by atoms with Crippen molar-refractivity contribution in [3.8, 4) is 0 Å². The molecule has 1 saturated heterocycles. The first-order valence-electron chi connectivity index (χ1n) is 8.09. The molecule has 2 atom stereocenters. The Kier molecular flexibility index (Phi) is 5.46. The minimum atomic E-state index is -0.526. The Bertz CT molecular complexity index is 515. The Morgan fingerprint density at radius 1 is 1.26 bits per heavy atom. The average Bonchev–Trinajstić information content (AvgIpc) is 2.37. The number of anilines is 2. The molecule has 2 heterocycles. The lowest BCUT2D eigenvalue weighted by atomic mass is 10.00. The van der Waals surface area contributed by atoms with Gasteiger partial charge in [0.15, 0.2) is 0 Å². The van der Waals surface area contributed by atoms with Gasteiger partial charge >= 0.3 is 6.09 Å². The number of nitrogens with zero attached hydrogens (tertiary/aromatic N) is 1. The van der Waals surface area contributed by atoms with Crippen molar-refractivity contribution in [3.63, 3.8) is 0 Å². The van der Waals surface area contributed by atoms with Crippen molar-refractivity contribution < 1.29 is 14.3 Å². The molecule has 1 aliphatic heterocycles. The Hall–Kier alpha value is -1.82. The predicted molar refractivity (Wildman–Crippen MR) is 90.7 cm³/mol. The van der Waals surface area contributed by atoms with Gasteiger partial charge in [0.25, 0.3) is 0 Å². The molecule has 2 N–H and O–H groups in total. The van der Waals surface area contributed by atoms with Crippen LogP contribution < -0.4 is 10.6 Å². The van der Waals surface area contributed by atoms with Crippen molar-refractivity contribution in [2.24, 2.45) is 0 Å². The van der Waals surface area contributed by atoms with Crippen molar-refractivity contribution in [2.45, 2.75) is 71.3 Å². The lowest BCUT2D eigenvalue weighted by Gasteiger charge is -2.33. The molecular formula is C17H27N3O3. The van der Waals surface area contributed by atoms with E-state index < -0.39 is 11.7 Å². The van der Waals surface area contributed by atoms with Gasteiger partial charge in [-0.3, -0.25) is 5.32 Å². The highest BCUT2D eigenvalue weighted by Crippen LogP contribution is 2.22. The molecule has 6 nitrogen and oxygen atoms in total. The summed E-state index contributed by atoms with van der Waals surface area (Å²) >= 11 is 0. The monoisotopic (exact) mass is 321 g/mol. The highest BCUT2D eigenvalue weighted by Gasteiger charge is 2.24. The first-order chi connectivity index (χ1) is 10.7. The van der Waals surface area contributed by atoms with Crippen LogP contribution in [0, 0.1) is 0 Å². The van der Waals surface area contributed by atoms with Crippen molar-refractivity contribution in [1.29, 1.82) is 0 Å². The van der Waals surface area contributed by atoms with E-state index in [1.807, 2.05) is 26.8 Å². The molecule has 1 aliphatic rings. The van der Waals surface area contributed by atoms with Gasteiger partial charge in [0, 0.05) is 6.04 Å². The summed E-state index contributed by atoms with van der Waals surface area (Å²) in [6.07, 6.45) is 3.69. The third kappa shape index (κ3) is 6.06. The van der Waals surface area contributed by atoms with Crippen LogP contribution in [0.25, 0.3) is 0 Å². The summed E-state index contributed by atoms with van der Waals surface area (Å²) in [5.74, 6) is 0.471. The summed E-state index contributed by atoms with van der Waals surface area (Å²) < 4.78 is 10.9. The van der Waals surface area contributed by atoms with E-state index in [4.69, 9.17) is 9.47 Å². The van der Waals surface area contributed by atoms with E-state index in [2.05, 4.69) is 29.5 Å². The van der Waals surface area contributed by atoms with E-state index in [0.29, 0.717) is 11.9 Å². The van der Waals surface area contributed by atoms with Gasteiger partial charge in [-0.25, -0.2) is 9.78 Å². The van der Waals surface area contributed by atoms with Crippen molar-refractivity contribution >= 4 is 17.6 Å². The normalized spacial score (nSPS) is 24.8. The molecule has 23 heavy (non-hydrogen) atoms. The van der Waals surface area contributed by atoms with Gasteiger partial charge < -0.3 is 14.8 Å². The second kappa shape index (κ2) is 7.17. The maximum absolute atomic E-state index is 11.7. The molecule has 0 aliphatic carbocycles. The van der Waals surface area contributed by atoms with E-state index in [1.54, 1.807) is 12.3 Å². The number of pyridine rings is 1. The van der Waals surface area contributed by atoms with Crippen molar-refractivity contribution in [1.82, 2.24) is 4.98 Å². The van der Waals surface area contributed by atoms with E-state index in [9.17, 15) is 4.79 Å². The number of hydrogen-bond donors (Lipinski definition) is 2. The van der Waals surface area contributed by atoms with Gasteiger partial charge in [-0.05, 0) is 59.6 Å². The quantitative estimate of drug-likeness (QED) is 0.886. The third-order valence-electron chi connectivity index (χ3n) is 3.46. The van der Waals surface area contributed by atoms with Gasteiger partial charge in [-0.2, -0.15) is 0 Å². The Balaban J connectivity index is 1.88. The fraction of sp³-hybridized carbons (Fsp3) is 0.647. The van der Waals surface area contributed by atoms with Gasteiger partial charge in [-0.1, -0.05) is 0 Å². The maximum Gasteiger partial charge on any atom is 0.413 e. The zero-order chi connectivity index (χ0) is 17.0. The van der Waals surface area contributed by atoms with Crippen molar-refractivity contribution in [2.75, 3.05) is 10.6 Å². The first kappa shape index (κ1) is 17.5. The van der Waals surface area contributed by atoms with Crippen molar-refractivity contribution in [3.05, 3.63) is 18.3 Å². The number of amides is 1. The van der Waals surface area contributed by atoms with E-state index in [1.165, 1.54) is 0 Å². The van der Waals surface area contributed by atoms with Gasteiger partial charge in [0.1, 0.15) is 11.4 Å². The van der Waals surface area contributed by atoms with Crippen LogP contribution >= 0.6 is 0 Å². The molecule has 1 fully saturated rings. The number of rotatable bonds is 3. The Labute approximate surface area is 138 Å². The number of carbonyl (C=O) groups excluding carboxylic acids is 1. The lowest BCUT2D eigenvalue weighted by Crippen LogP contribution is -2.36. The third-order valence-corrected chi connectivity index (χ3v) is 3.46. The summed E-state index contributed by atoms with van der Waals surface area (Å²) in [6, 6.07) is 4.04. The number of hydrogen-bond acceptors (Lipinski definition) is 5. The molecule has 0 bridgehead atoms. The van der Waals surface area contributed by atoms with E-state index in [-0.39, 0.29) is 12.2 Å². The first-order valence-corrected chi connectivity index (χ1v) is 8.09. The number of ether oxygens (including phenoxy) is 2. The lowest BCUT2D eigenvalue weighted by molar-refractivity contribution is -0.0337. The average molecular weight is 321 g/mol. The van der Waals surface area contributed by atoms with Gasteiger partial charge in [-0.15, -0.1) is 0 Å². The topological polar surface area (TPSA) is 72.5 Å². The van der Waals surface area contributed by atoms with Gasteiger partial charge in [0.05, 0.1) is 24.1 Å². The molecule has 6 heteroatoms. The van der Waals surface area contributed by atoms with Crippen LogP contribution in [0.15, 0.2) is 18.3 Å². The standard InChI is InChI=1S/C17H27N3O3/c1-11-8-14(9-12(2)22-11)19-13-6-7-15(18-10-13)20-16(21)23-17(3,4)5/h6-7,10-12,14,19H,8-9H2,1-5H3,(H,18,20,21). The SMILES string of the molecule is CC1CC(Nc2ccc(NC(=O)OC(C)(C)C)nc2)CC(C)O1. The molecule has 0 aromatic carbocycles. The predicted octanol–water partition coefficient (Wildman–Crippen LogP) is 3.80. The highest BCUT2D eigenvalue weighted by atomic mass is 16.6. The van der Waals surface area contributed by atoms with Crippen LogP contribution in [0.2, 0.25) is 0 Å². The maximum atomic E-state index is 11.7. The largest absolute Gasteiger partial charge is 0.444 e. The van der Waals surface area contributed by atoms with Crippen LogP contribution in [0.4, 0.5) is 16.3 Å². The summed E-state index contributed by atoms with van der Waals surface area (Å²) in [6.45, 7) is 9.65. The molecule has 2 rings (SSSR count). The number of aromatic nitrogens is 1. The minimum absolute atomic E-state index is 0.261. The van der Waals surface area contributed by atoms with Crippen LogP contribution in [0.3, 0.4) is 0 Å².